The summed E-state index contributed by atoms with van der Waals surface area (Å²) in [7, 11) is 0. The predicted molar refractivity (Wildman–Crippen MR) is 41.2 cm³/mol. The number of carbonyl (C=O) groups excluding carboxylic acids is 1. The lowest BCUT2D eigenvalue weighted by atomic mass is 10.3. The van der Waals surface area contributed by atoms with Gasteiger partial charge >= 0.3 is 6.09 Å². The Morgan fingerprint density at radius 2 is 2.55 bits per heavy atom. The molecule has 1 rings (SSSR count). The molecule has 1 aliphatic rings. The van der Waals surface area contributed by atoms with Crippen molar-refractivity contribution in [2.45, 2.75) is 19.4 Å². The summed E-state index contributed by atoms with van der Waals surface area (Å²) in [5.41, 5.74) is 5.61. The molecule has 1 atom stereocenters. The molecule has 4 heteroatoms. The Balaban J connectivity index is 2.31. The highest BCUT2D eigenvalue weighted by molar-refractivity contribution is 5.67. The summed E-state index contributed by atoms with van der Waals surface area (Å²) in [6.45, 7) is 3.61. The first kappa shape index (κ1) is 8.33. The lowest BCUT2D eigenvalue weighted by Gasteiger charge is -2.14. The van der Waals surface area contributed by atoms with E-state index in [0.717, 1.165) is 13.0 Å². The Hall–Kier alpha value is -0.770. The molecule has 1 unspecified atom stereocenters. The fraction of sp³-hybridized carbons (Fsp3) is 0.857. The van der Waals surface area contributed by atoms with Crippen LogP contribution in [0.4, 0.5) is 4.79 Å². The van der Waals surface area contributed by atoms with Crippen molar-refractivity contribution in [1.29, 1.82) is 0 Å². The third-order valence-electron chi connectivity index (χ3n) is 1.75. The Bertz CT molecular complexity index is 149. The molecular weight excluding hydrogens is 144 g/mol. The summed E-state index contributed by atoms with van der Waals surface area (Å²) in [6.07, 6.45) is 0.652. The molecule has 1 saturated heterocycles. The number of amides is 1. The zero-order valence-electron chi connectivity index (χ0n) is 6.75. The van der Waals surface area contributed by atoms with E-state index in [1.807, 2.05) is 0 Å². The highest BCUT2D eigenvalue weighted by atomic mass is 16.6. The summed E-state index contributed by atoms with van der Waals surface area (Å²) in [4.78, 5) is 12.7. The van der Waals surface area contributed by atoms with E-state index >= 15 is 0 Å². The number of ether oxygens (including phenoxy) is 1. The molecule has 11 heavy (non-hydrogen) atoms. The third-order valence-corrected chi connectivity index (χ3v) is 1.75. The second-order valence-corrected chi connectivity index (χ2v) is 2.69. The Morgan fingerprint density at radius 3 is 3.00 bits per heavy atom. The average molecular weight is 158 g/mol. The summed E-state index contributed by atoms with van der Waals surface area (Å²) in [5, 5.41) is 0. The zero-order chi connectivity index (χ0) is 8.27. The van der Waals surface area contributed by atoms with Crippen LogP contribution in [-0.2, 0) is 4.74 Å². The fourth-order valence-corrected chi connectivity index (χ4v) is 1.17. The van der Waals surface area contributed by atoms with Crippen LogP contribution in [0.25, 0.3) is 0 Å². The van der Waals surface area contributed by atoms with Crippen molar-refractivity contribution in [3.05, 3.63) is 0 Å². The summed E-state index contributed by atoms with van der Waals surface area (Å²) < 4.78 is 4.81. The topological polar surface area (TPSA) is 55.6 Å². The van der Waals surface area contributed by atoms with Gasteiger partial charge in [0.15, 0.2) is 0 Å². The minimum Gasteiger partial charge on any atom is -0.450 e. The van der Waals surface area contributed by atoms with Gasteiger partial charge in [-0.15, -0.1) is 0 Å². The van der Waals surface area contributed by atoms with E-state index < -0.39 is 0 Å². The molecule has 0 aliphatic carbocycles. The first-order valence-electron chi connectivity index (χ1n) is 3.91. The molecule has 0 aromatic heterocycles. The van der Waals surface area contributed by atoms with Gasteiger partial charge in [0.05, 0.1) is 6.61 Å². The predicted octanol–water partition coefficient (Wildman–Crippen LogP) is 0.176. The SMILES string of the molecule is CCOC(=O)N1CCC(N)C1. The van der Waals surface area contributed by atoms with Gasteiger partial charge in [-0.1, -0.05) is 0 Å². The molecule has 1 aliphatic heterocycles. The second-order valence-electron chi connectivity index (χ2n) is 2.69. The maximum Gasteiger partial charge on any atom is 0.409 e. The molecule has 2 N–H and O–H groups in total. The molecule has 0 saturated carbocycles. The minimum absolute atomic E-state index is 0.138. The monoisotopic (exact) mass is 158 g/mol. The molecule has 1 amide bonds. The van der Waals surface area contributed by atoms with E-state index in [0.29, 0.717) is 13.2 Å². The number of nitrogens with zero attached hydrogens (tertiary/aromatic N) is 1. The van der Waals surface area contributed by atoms with Crippen LogP contribution in [0.5, 0.6) is 0 Å². The first-order valence-corrected chi connectivity index (χ1v) is 3.91. The molecule has 64 valence electrons. The van der Waals surface area contributed by atoms with Crippen molar-refractivity contribution in [2.75, 3.05) is 19.7 Å². The number of hydrogen-bond acceptors (Lipinski definition) is 3. The van der Waals surface area contributed by atoms with Gasteiger partial charge in [0.2, 0.25) is 0 Å². The van der Waals surface area contributed by atoms with Crippen LogP contribution in [0.3, 0.4) is 0 Å². The quantitative estimate of drug-likeness (QED) is 0.592. The van der Waals surface area contributed by atoms with E-state index in [1.165, 1.54) is 0 Å². The largest absolute Gasteiger partial charge is 0.450 e. The van der Waals surface area contributed by atoms with Crippen molar-refractivity contribution in [2.24, 2.45) is 5.73 Å². The van der Waals surface area contributed by atoms with Gasteiger partial charge in [-0.3, -0.25) is 0 Å². The average Bonchev–Trinajstić information content (AvgIpc) is 2.36. The molecule has 0 aromatic carbocycles. The molecule has 1 heterocycles. The lowest BCUT2D eigenvalue weighted by molar-refractivity contribution is 0.115. The van der Waals surface area contributed by atoms with Gasteiger partial charge in [-0.05, 0) is 13.3 Å². The van der Waals surface area contributed by atoms with Gasteiger partial charge < -0.3 is 15.4 Å². The van der Waals surface area contributed by atoms with E-state index in [9.17, 15) is 4.79 Å². The van der Waals surface area contributed by atoms with E-state index in [2.05, 4.69) is 0 Å². The number of carbonyl (C=O) groups is 1. The Morgan fingerprint density at radius 1 is 1.82 bits per heavy atom. The van der Waals surface area contributed by atoms with E-state index in [-0.39, 0.29) is 12.1 Å². The Labute approximate surface area is 66.3 Å². The third kappa shape index (κ3) is 2.08. The van der Waals surface area contributed by atoms with Gasteiger partial charge in [0, 0.05) is 19.1 Å². The van der Waals surface area contributed by atoms with Crippen molar-refractivity contribution >= 4 is 6.09 Å². The maximum atomic E-state index is 11.0. The molecule has 4 nitrogen and oxygen atoms in total. The maximum absolute atomic E-state index is 11.0. The number of nitrogens with two attached hydrogens (primary N) is 1. The van der Waals surface area contributed by atoms with Crippen LogP contribution in [0.15, 0.2) is 0 Å². The smallest absolute Gasteiger partial charge is 0.409 e. The first-order chi connectivity index (χ1) is 5.24. The Kier molecular flexibility index (Phi) is 2.70. The van der Waals surface area contributed by atoms with Crippen molar-refractivity contribution in [3.8, 4) is 0 Å². The fourth-order valence-electron chi connectivity index (χ4n) is 1.17. The summed E-state index contributed by atoms with van der Waals surface area (Å²) in [5.74, 6) is 0. The van der Waals surface area contributed by atoms with Crippen molar-refractivity contribution in [3.63, 3.8) is 0 Å². The van der Waals surface area contributed by atoms with E-state index in [4.69, 9.17) is 10.5 Å². The van der Waals surface area contributed by atoms with Gasteiger partial charge in [-0.2, -0.15) is 0 Å². The lowest BCUT2D eigenvalue weighted by Crippen LogP contribution is -2.32. The summed E-state index contributed by atoms with van der Waals surface area (Å²) in [6, 6.07) is 0.138. The molecule has 0 bridgehead atoms. The highest BCUT2D eigenvalue weighted by Gasteiger charge is 2.23. The second kappa shape index (κ2) is 3.57. The number of hydrogen-bond donors (Lipinski definition) is 1. The highest BCUT2D eigenvalue weighted by Crippen LogP contribution is 2.07. The van der Waals surface area contributed by atoms with Gasteiger partial charge in [0.25, 0.3) is 0 Å². The van der Waals surface area contributed by atoms with Gasteiger partial charge in [-0.25, -0.2) is 4.79 Å². The van der Waals surface area contributed by atoms with Crippen molar-refractivity contribution in [1.82, 2.24) is 4.90 Å². The zero-order valence-corrected chi connectivity index (χ0v) is 6.75. The normalized spacial score (nSPS) is 23.8. The molecular formula is C7H14N2O2. The number of rotatable bonds is 1. The van der Waals surface area contributed by atoms with Gasteiger partial charge in [0.1, 0.15) is 0 Å². The standard InChI is InChI=1S/C7H14N2O2/c1-2-11-7(10)9-4-3-6(8)5-9/h6H,2-5,8H2,1H3. The minimum atomic E-state index is -0.236. The van der Waals surface area contributed by atoms with Crippen molar-refractivity contribution < 1.29 is 9.53 Å². The molecule has 0 spiro atoms. The van der Waals surface area contributed by atoms with Crippen LogP contribution in [0.1, 0.15) is 13.3 Å². The molecule has 0 aromatic rings. The van der Waals surface area contributed by atoms with Crippen LogP contribution in [0.2, 0.25) is 0 Å². The van der Waals surface area contributed by atoms with Crippen LogP contribution < -0.4 is 5.73 Å². The van der Waals surface area contributed by atoms with Crippen LogP contribution in [0, 0.1) is 0 Å². The van der Waals surface area contributed by atoms with Crippen LogP contribution >= 0.6 is 0 Å². The van der Waals surface area contributed by atoms with E-state index in [1.54, 1.807) is 11.8 Å². The van der Waals surface area contributed by atoms with Crippen LogP contribution in [-0.4, -0.2) is 36.7 Å². The summed E-state index contributed by atoms with van der Waals surface area (Å²) >= 11 is 0. The molecule has 0 radical (unpaired) electrons. The number of likely N-dealkylation sites (tertiary alicyclic amines) is 1. The molecule has 1 fully saturated rings.